The third kappa shape index (κ3) is 2.42. The highest BCUT2D eigenvalue weighted by Crippen LogP contribution is 2.36. The van der Waals surface area contributed by atoms with E-state index >= 15 is 0 Å². The van der Waals surface area contributed by atoms with E-state index in [1.807, 2.05) is 48.5 Å². The lowest BCUT2D eigenvalue weighted by atomic mass is 9.80. The van der Waals surface area contributed by atoms with E-state index in [1.165, 1.54) is 11.1 Å². The van der Waals surface area contributed by atoms with Crippen molar-refractivity contribution >= 4 is 0 Å². The standard InChI is InChI=1S/C20H19NO/c1-15-8-9-19(14-16(15)2)20(22,17-6-4-3-5-7-17)18-10-12-21-13-11-18/h3-14,22H,1-2H3. The number of hydrogen-bond donors (Lipinski definition) is 1. The van der Waals surface area contributed by atoms with Crippen molar-refractivity contribution in [2.24, 2.45) is 0 Å². The summed E-state index contributed by atoms with van der Waals surface area (Å²) in [5.74, 6) is 0. The third-order valence-electron chi connectivity index (χ3n) is 4.21. The van der Waals surface area contributed by atoms with Crippen LogP contribution in [0.25, 0.3) is 0 Å². The van der Waals surface area contributed by atoms with Crippen LogP contribution in [0, 0.1) is 13.8 Å². The smallest absolute Gasteiger partial charge is 0.140 e. The molecule has 1 aromatic heterocycles. The fourth-order valence-electron chi connectivity index (χ4n) is 2.74. The second kappa shape index (κ2) is 5.74. The zero-order chi connectivity index (χ0) is 15.6. The minimum atomic E-state index is -1.18. The maximum atomic E-state index is 11.6. The maximum absolute atomic E-state index is 11.6. The summed E-state index contributed by atoms with van der Waals surface area (Å²) in [7, 11) is 0. The molecule has 2 heteroatoms. The molecule has 0 aliphatic rings. The van der Waals surface area contributed by atoms with Gasteiger partial charge in [-0.1, -0.05) is 48.5 Å². The number of rotatable bonds is 3. The van der Waals surface area contributed by atoms with Crippen LogP contribution in [-0.2, 0) is 5.60 Å². The van der Waals surface area contributed by atoms with Crippen molar-refractivity contribution < 1.29 is 5.11 Å². The van der Waals surface area contributed by atoms with E-state index in [0.29, 0.717) is 0 Å². The number of nitrogens with zero attached hydrogens (tertiary/aromatic N) is 1. The van der Waals surface area contributed by atoms with Crippen LogP contribution in [0.1, 0.15) is 27.8 Å². The van der Waals surface area contributed by atoms with Crippen molar-refractivity contribution in [1.29, 1.82) is 0 Å². The average Bonchev–Trinajstić information content (AvgIpc) is 2.58. The fourth-order valence-corrected chi connectivity index (χ4v) is 2.74. The molecule has 0 saturated heterocycles. The Morgan fingerprint density at radius 1 is 0.727 bits per heavy atom. The van der Waals surface area contributed by atoms with Crippen LogP contribution >= 0.6 is 0 Å². The molecule has 22 heavy (non-hydrogen) atoms. The minimum Gasteiger partial charge on any atom is -0.376 e. The zero-order valence-electron chi connectivity index (χ0n) is 12.8. The summed E-state index contributed by atoms with van der Waals surface area (Å²) in [6.07, 6.45) is 3.43. The molecule has 0 aliphatic carbocycles. The van der Waals surface area contributed by atoms with Gasteiger partial charge in [-0.05, 0) is 53.8 Å². The maximum Gasteiger partial charge on any atom is 0.140 e. The van der Waals surface area contributed by atoms with Crippen LogP contribution in [-0.4, -0.2) is 10.1 Å². The van der Waals surface area contributed by atoms with Gasteiger partial charge in [-0.15, -0.1) is 0 Å². The average molecular weight is 289 g/mol. The van der Waals surface area contributed by atoms with Crippen LogP contribution in [0.2, 0.25) is 0 Å². The van der Waals surface area contributed by atoms with Gasteiger partial charge < -0.3 is 5.11 Å². The summed E-state index contributed by atoms with van der Waals surface area (Å²) < 4.78 is 0. The van der Waals surface area contributed by atoms with E-state index in [4.69, 9.17) is 0 Å². The SMILES string of the molecule is Cc1ccc(C(O)(c2ccccc2)c2ccncc2)cc1C. The summed E-state index contributed by atoms with van der Waals surface area (Å²) in [6.45, 7) is 4.14. The molecular weight excluding hydrogens is 270 g/mol. The summed E-state index contributed by atoms with van der Waals surface area (Å²) in [5, 5.41) is 11.6. The molecule has 3 aromatic rings. The van der Waals surface area contributed by atoms with Crippen molar-refractivity contribution in [2.45, 2.75) is 19.4 Å². The molecule has 0 spiro atoms. The Kier molecular flexibility index (Phi) is 3.78. The van der Waals surface area contributed by atoms with Crippen molar-refractivity contribution in [3.05, 3.63) is 101 Å². The van der Waals surface area contributed by atoms with Crippen LogP contribution in [0.5, 0.6) is 0 Å². The lowest BCUT2D eigenvalue weighted by molar-refractivity contribution is 0.125. The highest BCUT2D eigenvalue weighted by atomic mass is 16.3. The molecule has 0 radical (unpaired) electrons. The first-order chi connectivity index (χ1) is 10.6. The fraction of sp³-hybridized carbons (Fsp3) is 0.150. The summed E-state index contributed by atoms with van der Waals surface area (Å²) >= 11 is 0. The zero-order valence-corrected chi connectivity index (χ0v) is 12.8. The molecule has 2 aromatic carbocycles. The first-order valence-electron chi connectivity index (χ1n) is 7.38. The van der Waals surface area contributed by atoms with Crippen LogP contribution in [0.15, 0.2) is 73.1 Å². The highest BCUT2D eigenvalue weighted by molar-refractivity contribution is 5.48. The van der Waals surface area contributed by atoms with E-state index in [-0.39, 0.29) is 0 Å². The summed E-state index contributed by atoms with van der Waals surface area (Å²) in [4.78, 5) is 4.07. The van der Waals surface area contributed by atoms with E-state index < -0.39 is 5.60 Å². The van der Waals surface area contributed by atoms with Gasteiger partial charge in [0.05, 0.1) is 0 Å². The van der Waals surface area contributed by atoms with Gasteiger partial charge >= 0.3 is 0 Å². The predicted molar refractivity (Wildman–Crippen MR) is 88.7 cm³/mol. The Bertz CT molecular complexity index is 727. The second-order valence-electron chi connectivity index (χ2n) is 5.61. The number of aromatic nitrogens is 1. The van der Waals surface area contributed by atoms with Crippen molar-refractivity contribution in [1.82, 2.24) is 4.98 Å². The third-order valence-corrected chi connectivity index (χ3v) is 4.21. The summed E-state index contributed by atoms with van der Waals surface area (Å²) in [6, 6.07) is 19.6. The van der Waals surface area contributed by atoms with Crippen LogP contribution in [0.3, 0.4) is 0 Å². The van der Waals surface area contributed by atoms with Gasteiger partial charge in [0.15, 0.2) is 0 Å². The van der Waals surface area contributed by atoms with Gasteiger partial charge in [0.2, 0.25) is 0 Å². The summed E-state index contributed by atoms with van der Waals surface area (Å²) in [5.41, 5.74) is 3.74. The molecule has 1 unspecified atom stereocenters. The molecule has 2 nitrogen and oxygen atoms in total. The molecule has 0 aliphatic heterocycles. The van der Waals surface area contributed by atoms with Crippen molar-refractivity contribution in [2.75, 3.05) is 0 Å². The first-order valence-corrected chi connectivity index (χ1v) is 7.38. The number of pyridine rings is 1. The van der Waals surface area contributed by atoms with Crippen LogP contribution < -0.4 is 0 Å². The molecule has 1 atom stereocenters. The quantitative estimate of drug-likeness (QED) is 0.791. The van der Waals surface area contributed by atoms with Crippen molar-refractivity contribution in [3.8, 4) is 0 Å². The lowest BCUT2D eigenvalue weighted by Crippen LogP contribution is -2.29. The van der Waals surface area contributed by atoms with Gasteiger partial charge in [0, 0.05) is 12.4 Å². The van der Waals surface area contributed by atoms with Gasteiger partial charge in [-0.25, -0.2) is 0 Å². The van der Waals surface area contributed by atoms with E-state index in [0.717, 1.165) is 16.7 Å². The molecule has 3 rings (SSSR count). The lowest BCUT2D eigenvalue weighted by Gasteiger charge is -2.30. The van der Waals surface area contributed by atoms with Gasteiger partial charge in [0.25, 0.3) is 0 Å². The Hall–Kier alpha value is -2.45. The van der Waals surface area contributed by atoms with E-state index in [9.17, 15) is 5.11 Å². The number of aryl methyl sites for hydroxylation is 2. The molecule has 1 N–H and O–H groups in total. The largest absolute Gasteiger partial charge is 0.376 e. The highest BCUT2D eigenvalue weighted by Gasteiger charge is 2.33. The van der Waals surface area contributed by atoms with E-state index in [1.54, 1.807) is 12.4 Å². The minimum absolute atomic E-state index is 0.817. The predicted octanol–water partition coefficient (Wildman–Crippen LogP) is 3.98. The van der Waals surface area contributed by atoms with Crippen molar-refractivity contribution in [3.63, 3.8) is 0 Å². The Labute approximate surface area is 131 Å². The number of benzene rings is 2. The molecule has 0 bridgehead atoms. The number of hydrogen-bond acceptors (Lipinski definition) is 2. The van der Waals surface area contributed by atoms with Gasteiger partial charge in [-0.2, -0.15) is 0 Å². The molecule has 1 heterocycles. The molecule has 0 fully saturated rings. The first kappa shape index (κ1) is 14.5. The normalized spacial score (nSPS) is 13.6. The van der Waals surface area contributed by atoms with E-state index in [2.05, 4.69) is 31.0 Å². The molecule has 110 valence electrons. The monoisotopic (exact) mass is 289 g/mol. The molecular formula is C20H19NO. The molecule has 0 amide bonds. The molecule has 0 saturated carbocycles. The Morgan fingerprint density at radius 3 is 2.00 bits per heavy atom. The van der Waals surface area contributed by atoms with Gasteiger partial charge in [-0.3, -0.25) is 4.98 Å². The Balaban J connectivity index is 2.26. The topological polar surface area (TPSA) is 33.1 Å². The Morgan fingerprint density at radius 2 is 1.36 bits per heavy atom. The number of aliphatic hydroxyl groups is 1. The second-order valence-corrected chi connectivity index (χ2v) is 5.61. The van der Waals surface area contributed by atoms with Gasteiger partial charge in [0.1, 0.15) is 5.60 Å². The van der Waals surface area contributed by atoms with Crippen LogP contribution in [0.4, 0.5) is 0 Å².